The third-order valence-corrected chi connectivity index (χ3v) is 3.80. The van der Waals surface area contributed by atoms with Gasteiger partial charge in [-0.2, -0.15) is 0 Å². The minimum absolute atomic E-state index is 0.0573. The van der Waals surface area contributed by atoms with E-state index in [2.05, 4.69) is 23.2 Å². The van der Waals surface area contributed by atoms with Gasteiger partial charge in [-0.25, -0.2) is 0 Å². The molecule has 5 heteroatoms. The minimum Gasteiger partial charge on any atom is -0.481 e. The molecule has 1 N–H and O–H groups in total. The number of carbonyl (C=O) groups excluding carboxylic acids is 1. The number of para-hydroxylation sites is 1. The molecule has 0 spiro atoms. The number of benzene rings is 1. The monoisotopic (exact) mass is 275 g/mol. The maximum Gasteiger partial charge on any atom is 0.265 e. The summed E-state index contributed by atoms with van der Waals surface area (Å²) in [7, 11) is 0. The predicted octanol–water partition coefficient (Wildman–Crippen LogP) is 1.23. The maximum atomic E-state index is 12.2. The van der Waals surface area contributed by atoms with Gasteiger partial charge in [-0.15, -0.1) is 0 Å². The SMILES string of the molecule is CCCN1C(=O)COc2cccc(N3CCNCC3)c21. The highest BCUT2D eigenvalue weighted by atomic mass is 16.5. The van der Waals surface area contributed by atoms with Crippen LogP contribution in [0.15, 0.2) is 18.2 Å². The molecule has 1 fully saturated rings. The van der Waals surface area contributed by atoms with Gasteiger partial charge in [-0.1, -0.05) is 13.0 Å². The first-order valence-electron chi connectivity index (χ1n) is 7.33. The summed E-state index contributed by atoms with van der Waals surface area (Å²) in [6, 6.07) is 6.06. The average molecular weight is 275 g/mol. The van der Waals surface area contributed by atoms with Gasteiger partial charge in [-0.3, -0.25) is 4.79 Å². The van der Waals surface area contributed by atoms with Crippen LogP contribution in [0.5, 0.6) is 5.75 Å². The van der Waals surface area contributed by atoms with Gasteiger partial charge in [0.1, 0.15) is 11.4 Å². The van der Waals surface area contributed by atoms with Crippen molar-refractivity contribution in [2.45, 2.75) is 13.3 Å². The number of amides is 1. The summed E-state index contributed by atoms with van der Waals surface area (Å²) in [4.78, 5) is 16.4. The summed E-state index contributed by atoms with van der Waals surface area (Å²) in [5.41, 5.74) is 2.07. The number of nitrogens with one attached hydrogen (secondary N) is 1. The molecule has 0 unspecified atom stereocenters. The summed E-state index contributed by atoms with van der Waals surface area (Å²) in [6.07, 6.45) is 0.946. The number of fused-ring (bicyclic) bond motifs is 1. The van der Waals surface area contributed by atoms with E-state index >= 15 is 0 Å². The lowest BCUT2D eigenvalue weighted by Crippen LogP contribution is -2.45. The zero-order valence-corrected chi connectivity index (χ0v) is 11.9. The standard InChI is InChI=1S/C15H21N3O2/c1-2-8-18-14(19)11-20-13-5-3-4-12(15(13)18)17-9-6-16-7-10-17/h3-5,16H,2,6-11H2,1H3. The molecule has 5 nitrogen and oxygen atoms in total. The van der Waals surface area contributed by atoms with Crippen molar-refractivity contribution in [3.8, 4) is 5.75 Å². The number of nitrogens with zero attached hydrogens (tertiary/aromatic N) is 2. The smallest absolute Gasteiger partial charge is 0.265 e. The fraction of sp³-hybridized carbons (Fsp3) is 0.533. The molecule has 3 rings (SSSR count). The fourth-order valence-electron chi connectivity index (χ4n) is 2.86. The molecule has 0 radical (unpaired) electrons. The average Bonchev–Trinajstić information content (AvgIpc) is 2.50. The lowest BCUT2D eigenvalue weighted by atomic mass is 10.1. The van der Waals surface area contributed by atoms with Crippen molar-refractivity contribution in [1.29, 1.82) is 0 Å². The van der Waals surface area contributed by atoms with Gasteiger partial charge in [0.25, 0.3) is 5.91 Å². The Hall–Kier alpha value is -1.75. The Kier molecular flexibility index (Phi) is 3.78. The molecule has 0 bridgehead atoms. The first-order valence-corrected chi connectivity index (χ1v) is 7.33. The molecule has 0 saturated carbocycles. The molecule has 0 aliphatic carbocycles. The van der Waals surface area contributed by atoms with Gasteiger partial charge in [0, 0.05) is 32.7 Å². The minimum atomic E-state index is 0.0573. The van der Waals surface area contributed by atoms with E-state index in [4.69, 9.17) is 4.74 Å². The molecule has 0 aromatic heterocycles. The Labute approximate surface area is 119 Å². The van der Waals surface area contributed by atoms with E-state index < -0.39 is 0 Å². The number of rotatable bonds is 3. The van der Waals surface area contributed by atoms with Crippen molar-refractivity contribution in [1.82, 2.24) is 5.32 Å². The Morgan fingerprint density at radius 1 is 1.30 bits per heavy atom. The lowest BCUT2D eigenvalue weighted by Gasteiger charge is -2.36. The fourth-order valence-corrected chi connectivity index (χ4v) is 2.86. The summed E-state index contributed by atoms with van der Waals surface area (Å²) >= 11 is 0. The van der Waals surface area contributed by atoms with E-state index in [1.807, 2.05) is 17.0 Å². The molecule has 2 heterocycles. The second-order valence-electron chi connectivity index (χ2n) is 5.19. The molecule has 0 atom stereocenters. The van der Waals surface area contributed by atoms with Crippen LogP contribution in [0.4, 0.5) is 11.4 Å². The highest BCUT2D eigenvalue weighted by Crippen LogP contribution is 2.40. The molecule has 1 aromatic rings. The third-order valence-electron chi connectivity index (χ3n) is 3.80. The van der Waals surface area contributed by atoms with Crippen molar-refractivity contribution < 1.29 is 9.53 Å². The molecule has 2 aliphatic rings. The molecule has 108 valence electrons. The first-order chi connectivity index (χ1) is 9.81. The van der Waals surface area contributed by atoms with Crippen LogP contribution in [0.3, 0.4) is 0 Å². The normalized spacial score (nSPS) is 18.8. The molecule has 1 saturated heterocycles. The Morgan fingerprint density at radius 2 is 2.10 bits per heavy atom. The summed E-state index contributed by atoms with van der Waals surface area (Å²) in [6.45, 7) is 6.87. The van der Waals surface area contributed by atoms with Gasteiger partial charge in [0.15, 0.2) is 6.61 Å². The molecular weight excluding hydrogens is 254 g/mol. The Balaban J connectivity index is 2.00. The number of ether oxygens (including phenoxy) is 1. The van der Waals surface area contributed by atoms with E-state index in [1.165, 1.54) is 0 Å². The quantitative estimate of drug-likeness (QED) is 0.901. The number of hydrogen-bond acceptors (Lipinski definition) is 4. The zero-order valence-electron chi connectivity index (χ0n) is 11.9. The van der Waals surface area contributed by atoms with Gasteiger partial charge in [-0.05, 0) is 18.6 Å². The van der Waals surface area contributed by atoms with Crippen LogP contribution in [0, 0.1) is 0 Å². The van der Waals surface area contributed by atoms with Gasteiger partial charge < -0.3 is 19.9 Å². The summed E-state index contributed by atoms with van der Waals surface area (Å²) in [5, 5.41) is 3.36. The Bertz CT molecular complexity index is 498. The number of carbonyl (C=O) groups is 1. The first kappa shape index (κ1) is 13.2. The van der Waals surface area contributed by atoms with E-state index in [0.29, 0.717) is 0 Å². The number of anilines is 2. The molecule has 2 aliphatic heterocycles. The van der Waals surface area contributed by atoms with Crippen molar-refractivity contribution in [3.63, 3.8) is 0 Å². The van der Waals surface area contributed by atoms with Crippen LogP contribution >= 0.6 is 0 Å². The van der Waals surface area contributed by atoms with E-state index in [-0.39, 0.29) is 12.5 Å². The molecule has 20 heavy (non-hydrogen) atoms. The second-order valence-corrected chi connectivity index (χ2v) is 5.19. The molecule has 1 aromatic carbocycles. The molecule has 1 amide bonds. The number of piperazine rings is 1. The summed E-state index contributed by atoms with van der Waals surface area (Å²) < 4.78 is 5.61. The maximum absolute atomic E-state index is 12.2. The topological polar surface area (TPSA) is 44.8 Å². The van der Waals surface area contributed by atoms with Crippen molar-refractivity contribution in [2.24, 2.45) is 0 Å². The van der Waals surface area contributed by atoms with Crippen molar-refractivity contribution in [2.75, 3.05) is 49.1 Å². The van der Waals surface area contributed by atoms with Crippen LogP contribution in [-0.2, 0) is 4.79 Å². The largest absolute Gasteiger partial charge is 0.481 e. The van der Waals surface area contributed by atoms with Crippen LogP contribution in [0.1, 0.15) is 13.3 Å². The van der Waals surface area contributed by atoms with Crippen LogP contribution in [0.25, 0.3) is 0 Å². The predicted molar refractivity (Wildman–Crippen MR) is 79.7 cm³/mol. The van der Waals surface area contributed by atoms with Crippen LogP contribution < -0.4 is 19.9 Å². The lowest BCUT2D eigenvalue weighted by molar-refractivity contribution is -0.121. The molecular formula is C15H21N3O2. The van der Waals surface area contributed by atoms with E-state index in [9.17, 15) is 4.79 Å². The summed E-state index contributed by atoms with van der Waals surface area (Å²) in [5.74, 6) is 0.885. The number of hydrogen-bond donors (Lipinski definition) is 1. The van der Waals surface area contributed by atoms with Gasteiger partial charge in [0.2, 0.25) is 0 Å². The van der Waals surface area contributed by atoms with Crippen LogP contribution in [-0.4, -0.2) is 45.2 Å². The van der Waals surface area contributed by atoms with Gasteiger partial charge in [0.05, 0.1) is 5.69 Å². The van der Waals surface area contributed by atoms with Gasteiger partial charge >= 0.3 is 0 Å². The van der Waals surface area contributed by atoms with Crippen molar-refractivity contribution >= 4 is 17.3 Å². The second kappa shape index (κ2) is 5.71. The van der Waals surface area contributed by atoms with E-state index in [0.717, 1.165) is 56.3 Å². The van der Waals surface area contributed by atoms with Crippen molar-refractivity contribution in [3.05, 3.63) is 18.2 Å². The highest BCUT2D eigenvalue weighted by Gasteiger charge is 2.29. The van der Waals surface area contributed by atoms with E-state index in [1.54, 1.807) is 0 Å². The zero-order chi connectivity index (χ0) is 13.9. The van der Waals surface area contributed by atoms with Crippen LogP contribution in [0.2, 0.25) is 0 Å². The Morgan fingerprint density at radius 3 is 2.85 bits per heavy atom. The third kappa shape index (κ3) is 2.33. The highest BCUT2D eigenvalue weighted by molar-refractivity contribution is 6.01.